The molecule has 2 amide bonds. The Kier molecular flexibility index (Phi) is 3.87. The van der Waals surface area contributed by atoms with Crippen LogP contribution in [0.4, 0.5) is 5.69 Å². The van der Waals surface area contributed by atoms with Crippen LogP contribution in [0.15, 0.2) is 24.3 Å². The Labute approximate surface area is 150 Å². The Morgan fingerprint density at radius 3 is 2.31 bits per heavy atom. The Bertz CT molecular complexity index is 763. The van der Waals surface area contributed by atoms with Crippen LogP contribution in [0.5, 0.6) is 5.75 Å². The van der Waals surface area contributed by atoms with Gasteiger partial charge in [0.2, 0.25) is 5.91 Å². The monoisotopic (exact) mass is 360 g/mol. The molecule has 0 N–H and O–H groups in total. The lowest BCUT2D eigenvalue weighted by molar-refractivity contribution is -0.152. The van der Waals surface area contributed by atoms with E-state index >= 15 is 0 Å². The van der Waals surface area contributed by atoms with Gasteiger partial charge in [0.05, 0.1) is 32.2 Å². The third-order valence-corrected chi connectivity index (χ3v) is 5.63. The summed E-state index contributed by atoms with van der Waals surface area (Å²) >= 11 is 0. The van der Waals surface area contributed by atoms with Crippen LogP contribution in [0, 0.1) is 5.92 Å². The lowest BCUT2D eigenvalue weighted by Gasteiger charge is -2.27. The van der Waals surface area contributed by atoms with E-state index in [2.05, 4.69) is 0 Å². The fourth-order valence-corrected chi connectivity index (χ4v) is 4.56. The second kappa shape index (κ2) is 5.98. The first kappa shape index (κ1) is 16.8. The van der Waals surface area contributed by atoms with E-state index in [-0.39, 0.29) is 24.3 Å². The van der Waals surface area contributed by atoms with E-state index in [1.165, 1.54) is 19.1 Å². The molecule has 26 heavy (non-hydrogen) atoms. The summed E-state index contributed by atoms with van der Waals surface area (Å²) in [5.41, 5.74) is 0.682. The van der Waals surface area contributed by atoms with Crippen molar-refractivity contribution in [2.45, 2.75) is 30.7 Å². The number of esters is 1. The van der Waals surface area contributed by atoms with Gasteiger partial charge in [0, 0.05) is 12.8 Å². The minimum absolute atomic E-state index is 0.101. The van der Waals surface area contributed by atoms with Crippen molar-refractivity contribution < 1.29 is 28.6 Å². The Hall–Kier alpha value is -2.61. The van der Waals surface area contributed by atoms with Gasteiger partial charge in [0.15, 0.2) is 6.10 Å². The average Bonchev–Trinajstić information content (AvgIpc) is 3.27. The molecule has 0 saturated carbocycles. The van der Waals surface area contributed by atoms with Gasteiger partial charge in [0.1, 0.15) is 11.8 Å². The summed E-state index contributed by atoms with van der Waals surface area (Å²) in [6.45, 7) is 0. The number of carbonyl (C=O) groups is 3. The van der Waals surface area contributed by atoms with Crippen LogP contribution in [0.3, 0.4) is 0 Å². The third-order valence-electron chi connectivity index (χ3n) is 5.63. The summed E-state index contributed by atoms with van der Waals surface area (Å²) in [4.78, 5) is 41.2. The van der Waals surface area contributed by atoms with Crippen molar-refractivity contribution >= 4 is 23.5 Å². The summed E-state index contributed by atoms with van der Waals surface area (Å²) in [5.74, 6) is -0.622. The molecule has 4 rings (SSSR count). The molecule has 0 aromatic heterocycles. The molecule has 3 saturated heterocycles. The molecule has 3 aliphatic heterocycles. The first-order chi connectivity index (χ1) is 12.5. The van der Waals surface area contributed by atoms with Crippen molar-refractivity contribution in [1.82, 2.24) is 4.90 Å². The van der Waals surface area contributed by atoms with Gasteiger partial charge in [-0.2, -0.15) is 0 Å². The maximum Gasteiger partial charge on any atom is 0.328 e. The van der Waals surface area contributed by atoms with Crippen LogP contribution in [-0.2, 0) is 23.9 Å². The minimum Gasteiger partial charge on any atom is -0.497 e. The molecule has 0 spiro atoms. The summed E-state index contributed by atoms with van der Waals surface area (Å²) in [5, 5.41) is 0. The van der Waals surface area contributed by atoms with Crippen molar-refractivity contribution in [2.75, 3.05) is 26.2 Å². The number of nitrogens with zero attached hydrogens (tertiary/aromatic N) is 2. The normalized spacial score (nSPS) is 32.2. The lowest BCUT2D eigenvalue weighted by atomic mass is 9.97. The molecule has 138 valence electrons. The summed E-state index contributed by atoms with van der Waals surface area (Å²) in [6.07, 6.45) is -0.523. The van der Waals surface area contributed by atoms with Crippen molar-refractivity contribution in [3.63, 3.8) is 0 Å². The molecule has 8 nitrogen and oxygen atoms in total. The molecule has 3 heterocycles. The van der Waals surface area contributed by atoms with Crippen molar-refractivity contribution in [1.29, 1.82) is 0 Å². The number of amides is 2. The Morgan fingerprint density at radius 1 is 1.04 bits per heavy atom. The largest absolute Gasteiger partial charge is 0.497 e. The average molecular weight is 360 g/mol. The summed E-state index contributed by atoms with van der Waals surface area (Å²) in [6, 6.07) is 5.53. The molecule has 0 unspecified atom stereocenters. The molecule has 0 radical (unpaired) electrons. The van der Waals surface area contributed by atoms with Crippen molar-refractivity contribution in [2.24, 2.45) is 5.92 Å². The van der Waals surface area contributed by atoms with E-state index in [9.17, 15) is 14.4 Å². The highest BCUT2D eigenvalue weighted by atomic mass is 16.5. The smallest absolute Gasteiger partial charge is 0.328 e. The summed E-state index contributed by atoms with van der Waals surface area (Å²) < 4.78 is 15.4. The van der Waals surface area contributed by atoms with Gasteiger partial charge in [-0.25, -0.2) is 4.79 Å². The van der Waals surface area contributed by atoms with E-state index < -0.39 is 30.1 Å². The van der Waals surface area contributed by atoms with E-state index in [1.54, 1.807) is 36.3 Å². The van der Waals surface area contributed by atoms with Crippen LogP contribution in [0.2, 0.25) is 0 Å². The maximum absolute atomic E-state index is 13.1. The highest BCUT2D eigenvalue weighted by Crippen LogP contribution is 2.48. The van der Waals surface area contributed by atoms with Gasteiger partial charge in [-0.3, -0.25) is 9.59 Å². The molecule has 3 aliphatic rings. The number of carbonyl (C=O) groups excluding carboxylic acids is 3. The van der Waals surface area contributed by atoms with Crippen LogP contribution in [0.25, 0.3) is 0 Å². The van der Waals surface area contributed by atoms with E-state index in [4.69, 9.17) is 14.2 Å². The van der Waals surface area contributed by atoms with Crippen LogP contribution >= 0.6 is 0 Å². The predicted octanol–water partition coefficient (Wildman–Crippen LogP) is 0.198. The number of rotatable bonds is 4. The van der Waals surface area contributed by atoms with Gasteiger partial charge in [-0.05, 0) is 30.7 Å². The third kappa shape index (κ3) is 2.08. The van der Waals surface area contributed by atoms with Crippen molar-refractivity contribution in [3.8, 4) is 5.75 Å². The number of ether oxygens (including phenoxy) is 3. The second-order valence-electron chi connectivity index (χ2n) is 6.67. The zero-order valence-corrected chi connectivity index (χ0v) is 14.7. The Morgan fingerprint density at radius 2 is 1.73 bits per heavy atom. The number of benzene rings is 1. The molecule has 1 aromatic rings. The number of hydrogen-bond acceptors (Lipinski definition) is 6. The number of hydrogen-bond donors (Lipinski definition) is 0. The highest BCUT2D eigenvalue weighted by Gasteiger charge is 2.68. The fraction of sp³-hybridized carbons (Fsp3) is 0.500. The van der Waals surface area contributed by atoms with Gasteiger partial charge in [-0.1, -0.05) is 0 Å². The molecule has 8 heteroatoms. The number of methoxy groups -OCH3 is 3. The SMILES string of the molecule is COC(=O)[C@@H]1C[C@@H]2C(=O)N(c3ccc(OC)cc3)[C@H]3[C@@H]2N1C(=O)[C@@H]3OC. The summed E-state index contributed by atoms with van der Waals surface area (Å²) in [7, 11) is 4.30. The van der Waals surface area contributed by atoms with Crippen LogP contribution in [-0.4, -0.2) is 68.2 Å². The van der Waals surface area contributed by atoms with Gasteiger partial charge in [0.25, 0.3) is 5.91 Å². The van der Waals surface area contributed by atoms with Crippen molar-refractivity contribution in [3.05, 3.63) is 24.3 Å². The first-order valence-electron chi connectivity index (χ1n) is 8.43. The van der Waals surface area contributed by atoms with E-state index in [0.29, 0.717) is 11.4 Å². The Balaban J connectivity index is 1.74. The zero-order valence-electron chi connectivity index (χ0n) is 14.7. The fourth-order valence-electron chi connectivity index (χ4n) is 4.56. The predicted molar refractivity (Wildman–Crippen MR) is 89.6 cm³/mol. The van der Waals surface area contributed by atoms with E-state index in [0.717, 1.165) is 0 Å². The maximum atomic E-state index is 13.1. The zero-order chi connectivity index (χ0) is 18.6. The van der Waals surface area contributed by atoms with E-state index in [1.807, 2.05) is 0 Å². The highest BCUT2D eigenvalue weighted by molar-refractivity contribution is 6.05. The molecule has 0 aliphatic carbocycles. The van der Waals surface area contributed by atoms with Gasteiger partial charge in [-0.15, -0.1) is 0 Å². The van der Waals surface area contributed by atoms with Gasteiger partial charge < -0.3 is 24.0 Å². The molecule has 3 fully saturated rings. The second-order valence-corrected chi connectivity index (χ2v) is 6.67. The molecule has 1 aromatic carbocycles. The minimum atomic E-state index is -0.802. The standard InChI is InChI=1S/C18H20N2O6/c1-24-10-6-4-9(5-7-10)19-14-13-11(16(19)21)8-12(18(23)26-3)20(13)17(22)15(14)25-2/h4-7,11-15H,8H2,1-3H3/t11-,12-,13+,14-,15+/m0/s1. The van der Waals surface area contributed by atoms with Crippen LogP contribution in [0.1, 0.15) is 6.42 Å². The lowest BCUT2D eigenvalue weighted by Crippen LogP contribution is -2.44. The molecule has 5 atom stereocenters. The quantitative estimate of drug-likeness (QED) is 0.713. The van der Waals surface area contributed by atoms with Crippen LogP contribution < -0.4 is 9.64 Å². The molecule has 0 bridgehead atoms. The molecular formula is C18H20N2O6. The molecular weight excluding hydrogens is 340 g/mol. The van der Waals surface area contributed by atoms with Gasteiger partial charge >= 0.3 is 5.97 Å². The first-order valence-corrected chi connectivity index (χ1v) is 8.43. The number of anilines is 1. The topological polar surface area (TPSA) is 85.4 Å².